The summed E-state index contributed by atoms with van der Waals surface area (Å²) < 4.78 is 18.4. The first kappa shape index (κ1) is 19.4. The fraction of sp³-hybridized carbons (Fsp3) is 0.348. The molecule has 3 aromatic rings. The Kier molecular flexibility index (Phi) is 4.97. The van der Waals surface area contributed by atoms with Gasteiger partial charge in [0, 0.05) is 17.2 Å². The Morgan fingerprint density at radius 3 is 2.68 bits per heavy atom. The van der Waals surface area contributed by atoms with E-state index in [0.29, 0.717) is 35.9 Å². The van der Waals surface area contributed by atoms with E-state index >= 15 is 0 Å². The first-order chi connectivity index (χ1) is 15.1. The van der Waals surface area contributed by atoms with Crippen LogP contribution in [-0.2, 0) is 4.79 Å². The minimum absolute atomic E-state index is 0.0823. The highest BCUT2D eigenvalue weighted by Gasteiger charge is 2.29. The second-order valence-electron chi connectivity index (χ2n) is 8.21. The van der Waals surface area contributed by atoms with Crippen molar-refractivity contribution in [1.29, 1.82) is 0 Å². The third-order valence-electron chi connectivity index (χ3n) is 5.09. The highest BCUT2D eigenvalue weighted by molar-refractivity contribution is 5.94. The second kappa shape index (κ2) is 7.94. The van der Waals surface area contributed by atoms with Crippen LogP contribution >= 0.6 is 0 Å². The summed E-state index contributed by atoms with van der Waals surface area (Å²) in [5.41, 5.74) is 2.41. The van der Waals surface area contributed by atoms with Gasteiger partial charge in [0.05, 0.1) is 12.3 Å². The molecule has 1 amide bonds. The van der Waals surface area contributed by atoms with Crippen LogP contribution in [0.15, 0.2) is 42.5 Å². The zero-order chi connectivity index (χ0) is 21.4. The Morgan fingerprint density at radius 1 is 1.16 bits per heavy atom. The van der Waals surface area contributed by atoms with Crippen LogP contribution in [0.4, 0.5) is 5.69 Å². The van der Waals surface area contributed by atoms with Gasteiger partial charge in [0.15, 0.2) is 17.3 Å². The molecule has 1 N–H and O–H groups in total. The van der Waals surface area contributed by atoms with Gasteiger partial charge in [-0.05, 0) is 61.2 Å². The van der Waals surface area contributed by atoms with Crippen LogP contribution in [0.2, 0.25) is 0 Å². The maximum absolute atomic E-state index is 12.0. The van der Waals surface area contributed by atoms with Gasteiger partial charge in [-0.3, -0.25) is 4.79 Å². The van der Waals surface area contributed by atoms with E-state index in [-0.39, 0.29) is 18.6 Å². The number of nitrogens with one attached hydrogen (secondary N) is 1. The van der Waals surface area contributed by atoms with Gasteiger partial charge in [-0.2, -0.15) is 4.98 Å². The van der Waals surface area contributed by atoms with Crippen molar-refractivity contribution in [1.82, 2.24) is 14.8 Å². The molecule has 5 rings (SSSR count). The molecule has 2 aromatic carbocycles. The summed E-state index contributed by atoms with van der Waals surface area (Å²) in [5, 5.41) is 7.53. The fourth-order valence-corrected chi connectivity index (χ4v) is 3.27. The number of benzene rings is 2. The molecule has 2 heterocycles. The van der Waals surface area contributed by atoms with Crippen LogP contribution in [-0.4, -0.2) is 34.1 Å². The molecule has 0 radical (unpaired) electrons. The molecular weight excluding hydrogens is 396 g/mol. The molecule has 2 aliphatic rings. The monoisotopic (exact) mass is 420 g/mol. The van der Waals surface area contributed by atoms with E-state index in [2.05, 4.69) is 29.2 Å². The molecule has 31 heavy (non-hydrogen) atoms. The highest BCUT2D eigenvalue weighted by atomic mass is 16.7. The lowest BCUT2D eigenvalue weighted by Gasteiger charge is -2.08. The smallest absolute Gasteiger partial charge is 0.336 e. The van der Waals surface area contributed by atoms with Crippen molar-refractivity contribution in [2.24, 2.45) is 11.8 Å². The van der Waals surface area contributed by atoms with Gasteiger partial charge in [-0.1, -0.05) is 13.8 Å². The van der Waals surface area contributed by atoms with E-state index < -0.39 is 0 Å². The molecule has 0 spiro atoms. The first-order valence-corrected chi connectivity index (χ1v) is 10.5. The van der Waals surface area contributed by atoms with Crippen molar-refractivity contribution in [2.75, 3.05) is 18.7 Å². The number of carbonyl (C=O) groups is 1. The van der Waals surface area contributed by atoms with Crippen molar-refractivity contribution in [2.45, 2.75) is 26.7 Å². The molecule has 0 atom stereocenters. The van der Waals surface area contributed by atoms with Crippen LogP contribution in [0.5, 0.6) is 17.5 Å². The van der Waals surface area contributed by atoms with E-state index in [1.807, 2.05) is 42.5 Å². The predicted molar refractivity (Wildman–Crippen MR) is 115 cm³/mol. The summed E-state index contributed by atoms with van der Waals surface area (Å²) in [4.78, 5) is 16.6. The number of rotatable bonds is 7. The van der Waals surface area contributed by atoms with Gasteiger partial charge in [0.25, 0.3) is 0 Å². The number of anilines is 1. The summed E-state index contributed by atoms with van der Waals surface area (Å²) in [6.45, 7) is 4.88. The average Bonchev–Trinajstić information content (AvgIpc) is 3.37. The normalized spacial score (nSPS) is 14.7. The van der Waals surface area contributed by atoms with Gasteiger partial charge in [0.2, 0.25) is 12.7 Å². The van der Waals surface area contributed by atoms with Crippen molar-refractivity contribution in [3.63, 3.8) is 0 Å². The lowest BCUT2D eigenvalue weighted by Crippen LogP contribution is -2.13. The lowest BCUT2D eigenvalue weighted by atomic mass is 10.2. The Labute approximate surface area is 180 Å². The number of aromatic nitrogens is 3. The van der Waals surface area contributed by atoms with Crippen LogP contribution in [0, 0.1) is 11.8 Å². The minimum Gasteiger partial charge on any atom is -0.462 e. The standard InChI is InChI=1S/C23H24N4O4/c1-14(2)12-29-23-25-21(16-5-10-19-20(11-16)31-13-30-19)27(26-23)18-8-6-17(7-9-18)24-22(28)15-3-4-15/h5-11,14-15H,3-4,12-13H2,1-2H3,(H,24,28). The number of fused-ring (bicyclic) bond motifs is 1. The largest absolute Gasteiger partial charge is 0.462 e. The van der Waals surface area contributed by atoms with E-state index in [4.69, 9.17) is 14.2 Å². The molecule has 1 fully saturated rings. The van der Waals surface area contributed by atoms with Gasteiger partial charge < -0.3 is 19.5 Å². The molecule has 1 aliphatic carbocycles. The minimum atomic E-state index is 0.0823. The van der Waals surface area contributed by atoms with Gasteiger partial charge >= 0.3 is 6.01 Å². The van der Waals surface area contributed by atoms with Gasteiger partial charge in [-0.25, -0.2) is 4.68 Å². The first-order valence-electron chi connectivity index (χ1n) is 10.5. The zero-order valence-electron chi connectivity index (χ0n) is 17.5. The Balaban J connectivity index is 1.46. The van der Waals surface area contributed by atoms with Crippen LogP contribution < -0.4 is 19.5 Å². The topological polar surface area (TPSA) is 87.5 Å². The summed E-state index contributed by atoms with van der Waals surface area (Å²) in [7, 11) is 0. The molecule has 8 heteroatoms. The molecule has 160 valence electrons. The third kappa shape index (κ3) is 4.19. The summed E-state index contributed by atoms with van der Waals surface area (Å²) in [6.07, 6.45) is 1.95. The van der Waals surface area contributed by atoms with E-state index in [0.717, 1.165) is 29.8 Å². The Bertz CT molecular complexity index is 1100. The van der Waals surface area contributed by atoms with Crippen LogP contribution in [0.25, 0.3) is 17.1 Å². The Morgan fingerprint density at radius 2 is 1.94 bits per heavy atom. The predicted octanol–water partition coefficient (Wildman–Crippen LogP) is 4.05. The van der Waals surface area contributed by atoms with E-state index in [9.17, 15) is 4.79 Å². The second-order valence-corrected chi connectivity index (χ2v) is 8.21. The molecule has 1 aliphatic heterocycles. The number of hydrogen-bond acceptors (Lipinski definition) is 6. The number of hydrogen-bond donors (Lipinski definition) is 1. The van der Waals surface area contributed by atoms with Gasteiger partial charge in [-0.15, -0.1) is 5.10 Å². The van der Waals surface area contributed by atoms with Crippen molar-refractivity contribution in [3.8, 4) is 34.6 Å². The summed E-state index contributed by atoms with van der Waals surface area (Å²) >= 11 is 0. The SMILES string of the molecule is CC(C)COc1nc(-c2ccc3c(c2)OCO3)n(-c2ccc(NC(=O)C3CC3)cc2)n1. The quantitative estimate of drug-likeness (QED) is 0.621. The van der Waals surface area contributed by atoms with E-state index in [1.165, 1.54) is 0 Å². The lowest BCUT2D eigenvalue weighted by molar-refractivity contribution is -0.117. The van der Waals surface area contributed by atoms with Crippen molar-refractivity contribution < 1.29 is 19.0 Å². The zero-order valence-corrected chi connectivity index (χ0v) is 17.5. The molecule has 1 aromatic heterocycles. The maximum atomic E-state index is 12.0. The summed E-state index contributed by atoms with van der Waals surface area (Å²) in [6, 6.07) is 13.5. The number of carbonyl (C=O) groups excluding carboxylic acids is 1. The third-order valence-corrected chi connectivity index (χ3v) is 5.09. The molecular formula is C23H24N4O4. The van der Waals surface area contributed by atoms with Gasteiger partial charge in [0.1, 0.15) is 0 Å². The Hall–Kier alpha value is -3.55. The number of ether oxygens (including phenoxy) is 3. The summed E-state index contributed by atoms with van der Waals surface area (Å²) in [5.74, 6) is 2.62. The van der Waals surface area contributed by atoms with Crippen LogP contribution in [0.3, 0.4) is 0 Å². The van der Waals surface area contributed by atoms with Crippen molar-refractivity contribution in [3.05, 3.63) is 42.5 Å². The number of nitrogens with zero attached hydrogens (tertiary/aromatic N) is 3. The molecule has 0 saturated heterocycles. The fourth-order valence-electron chi connectivity index (χ4n) is 3.27. The number of amides is 1. The molecule has 0 bridgehead atoms. The van der Waals surface area contributed by atoms with Crippen molar-refractivity contribution >= 4 is 11.6 Å². The molecule has 1 saturated carbocycles. The van der Waals surface area contributed by atoms with E-state index in [1.54, 1.807) is 4.68 Å². The highest BCUT2D eigenvalue weighted by Crippen LogP contribution is 2.36. The average molecular weight is 420 g/mol. The molecule has 0 unspecified atom stereocenters. The molecule has 8 nitrogen and oxygen atoms in total. The van der Waals surface area contributed by atoms with Crippen LogP contribution in [0.1, 0.15) is 26.7 Å². The maximum Gasteiger partial charge on any atom is 0.336 e.